The number of aromatic nitrogens is 1. The van der Waals surface area contributed by atoms with Crippen molar-refractivity contribution in [1.82, 2.24) is 15.2 Å². The van der Waals surface area contributed by atoms with Crippen LogP contribution >= 0.6 is 0 Å². The molecule has 0 spiro atoms. The zero-order chi connectivity index (χ0) is 27.4. The van der Waals surface area contributed by atoms with Crippen molar-refractivity contribution in [2.75, 3.05) is 13.7 Å². The molecule has 2 amide bonds. The molecule has 38 heavy (non-hydrogen) atoms. The molecule has 0 radical (unpaired) electrons. The van der Waals surface area contributed by atoms with Crippen molar-refractivity contribution in [2.45, 2.75) is 115 Å². The fraction of sp³-hybridized carbons (Fsp3) is 0.690. The van der Waals surface area contributed by atoms with Crippen LogP contribution in [-0.4, -0.2) is 59.2 Å². The summed E-state index contributed by atoms with van der Waals surface area (Å²) in [6, 6.07) is -1.30. The standard InChI is InChI=1S/C29H43N5O4/c1-17-22(19-11-6-4-7-12-19)23(20-13-8-5-9-14-20)25(27(31)33-29(37)38-3)32-24(17)26(35)21-15-10-16-34(21)28(36)18(2)30/h18-21H,4-16,30H2,1-3H3,(H2,31,33,37)/t18-,21-/m0/s1. The van der Waals surface area contributed by atoms with Crippen LogP contribution in [-0.2, 0) is 9.53 Å². The zero-order valence-corrected chi connectivity index (χ0v) is 23.1. The quantitative estimate of drug-likeness (QED) is 0.280. The molecular weight excluding hydrogens is 482 g/mol. The molecule has 1 aromatic rings. The third kappa shape index (κ3) is 5.77. The van der Waals surface area contributed by atoms with Gasteiger partial charge in [0.2, 0.25) is 11.7 Å². The molecule has 208 valence electrons. The Kier molecular flexibility index (Phi) is 9.18. The molecule has 2 atom stereocenters. The van der Waals surface area contributed by atoms with Gasteiger partial charge in [0.25, 0.3) is 0 Å². The Labute approximate surface area is 225 Å². The van der Waals surface area contributed by atoms with Crippen LogP contribution in [0.1, 0.15) is 129 Å². The largest absolute Gasteiger partial charge is 0.453 e. The number of alkyl carbamates (subject to hydrolysis) is 1. The minimum atomic E-state index is -0.733. The number of hydrogen-bond acceptors (Lipinski definition) is 7. The topological polar surface area (TPSA) is 138 Å². The summed E-state index contributed by atoms with van der Waals surface area (Å²) in [5.74, 6) is -0.0595. The van der Waals surface area contributed by atoms with Crippen LogP contribution in [0.25, 0.3) is 0 Å². The van der Waals surface area contributed by atoms with Crippen LogP contribution in [0.2, 0.25) is 0 Å². The summed E-state index contributed by atoms with van der Waals surface area (Å²) in [5.41, 5.74) is 9.63. The summed E-state index contributed by atoms with van der Waals surface area (Å²) < 4.78 is 4.78. The maximum absolute atomic E-state index is 14.1. The molecule has 9 nitrogen and oxygen atoms in total. The van der Waals surface area contributed by atoms with Crippen molar-refractivity contribution >= 4 is 23.6 Å². The first-order valence-corrected chi connectivity index (χ1v) is 14.3. The monoisotopic (exact) mass is 525 g/mol. The number of nitrogens with two attached hydrogens (primary N) is 1. The van der Waals surface area contributed by atoms with Gasteiger partial charge < -0.3 is 15.4 Å². The van der Waals surface area contributed by atoms with E-state index in [1.807, 2.05) is 6.92 Å². The van der Waals surface area contributed by atoms with E-state index in [-0.39, 0.29) is 29.4 Å². The van der Waals surface area contributed by atoms with E-state index < -0.39 is 18.2 Å². The van der Waals surface area contributed by atoms with Crippen LogP contribution in [0, 0.1) is 12.3 Å². The molecule has 9 heteroatoms. The lowest BCUT2D eigenvalue weighted by Gasteiger charge is -2.33. The first-order valence-electron chi connectivity index (χ1n) is 14.3. The smallest absolute Gasteiger partial charge is 0.412 e. The summed E-state index contributed by atoms with van der Waals surface area (Å²) in [7, 11) is 1.26. The molecule has 0 unspecified atom stereocenters. The van der Waals surface area contributed by atoms with Crippen molar-refractivity contribution in [1.29, 1.82) is 5.41 Å². The zero-order valence-electron chi connectivity index (χ0n) is 23.1. The Morgan fingerprint density at radius 2 is 1.53 bits per heavy atom. The highest BCUT2D eigenvalue weighted by atomic mass is 16.5. The third-order valence-electron chi connectivity index (χ3n) is 8.67. The number of nitrogens with zero attached hydrogens (tertiary/aromatic N) is 2. The van der Waals surface area contributed by atoms with Crippen LogP contribution in [0.3, 0.4) is 0 Å². The fourth-order valence-electron chi connectivity index (χ4n) is 6.80. The van der Waals surface area contributed by atoms with Gasteiger partial charge in [0, 0.05) is 6.54 Å². The fourth-order valence-corrected chi connectivity index (χ4v) is 6.80. The second kappa shape index (κ2) is 12.4. The van der Waals surface area contributed by atoms with Crippen LogP contribution in [0.4, 0.5) is 4.79 Å². The van der Waals surface area contributed by atoms with Gasteiger partial charge in [-0.15, -0.1) is 0 Å². The number of carbonyl (C=O) groups is 3. The molecule has 1 saturated heterocycles. The van der Waals surface area contributed by atoms with E-state index in [1.54, 1.807) is 11.8 Å². The molecule has 3 aliphatic rings. The Hall–Kier alpha value is -2.81. The van der Waals surface area contributed by atoms with Crippen LogP contribution in [0.15, 0.2) is 0 Å². The van der Waals surface area contributed by atoms with Crippen molar-refractivity contribution < 1.29 is 19.1 Å². The maximum Gasteiger partial charge on any atom is 0.412 e. The minimum absolute atomic E-state index is 0.140. The van der Waals surface area contributed by atoms with E-state index in [0.29, 0.717) is 24.4 Å². The second-order valence-electron chi connectivity index (χ2n) is 11.3. The third-order valence-corrected chi connectivity index (χ3v) is 8.67. The van der Waals surface area contributed by atoms with Gasteiger partial charge in [-0.2, -0.15) is 0 Å². The first kappa shape index (κ1) is 28.2. The number of nitrogens with one attached hydrogen (secondary N) is 2. The van der Waals surface area contributed by atoms with Gasteiger partial charge in [0.15, 0.2) is 5.84 Å². The lowest BCUT2D eigenvalue weighted by Crippen LogP contribution is -2.47. The second-order valence-corrected chi connectivity index (χ2v) is 11.3. The maximum atomic E-state index is 14.1. The van der Waals surface area contributed by atoms with Gasteiger partial charge in [-0.05, 0) is 80.9 Å². The predicted molar refractivity (Wildman–Crippen MR) is 146 cm³/mol. The average molecular weight is 526 g/mol. The lowest BCUT2D eigenvalue weighted by molar-refractivity contribution is -0.132. The Morgan fingerprint density at radius 3 is 2.08 bits per heavy atom. The van der Waals surface area contributed by atoms with E-state index in [4.69, 9.17) is 20.9 Å². The number of amides is 2. The number of Topliss-reactive ketones (excluding diaryl/α,β-unsaturated/α-hetero) is 1. The molecular formula is C29H43N5O4. The summed E-state index contributed by atoms with van der Waals surface area (Å²) in [4.78, 5) is 45.5. The van der Waals surface area contributed by atoms with Gasteiger partial charge in [-0.25, -0.2) is 9.78 Å². The summed E-state index contributed by atoms with van der Waals surface area (Å²) >= 11 is 0. The molecule has 3 fully saturated rings. The molecule has 4 N–H and O–H groups in total. The van der Waals surface area contributed by atoms with Crippen molar-refractivity contribution in [3.63, 3.8) is 0 Å². The van der Waals surface area contributed by atoms with E-state index >= 15 is 0 Å². The molecule has 2 aliphatic carbocycles. The number of ether oxygens (including phenoxy) is 1. The number of ketones is 1. The highest BCUT2D eigenvalue weighted by Crippen LogP contribution is 2.44. The highest BCUT2D eigenvalue weighted by Gasteiger charge is 2.39. The lowest BCUT2D eigenvalue weighted by atomic mass is 9.73. The summed E-state index contributed by atoms with van der Waals surface area (Å²) in [5, 5.41) is 11.4. The number of likely N-dealkylation sites (tertiary alicyclic amines) is 1. The first-order chi connectivity index (χ1) is 18.2. The van der Waals surface area contributed by atoms with Gasteiger partial charge in [-0.3, -0.25) is 20.3 Å². The SMILES string of the molecule is COC(=O)NC(=N)c1nc(C(=O)[C@@H]2CCCN2C(=O)[C@H](C)N)c(C)c(C2CCCCC2)c1C1CCCCC1. The van der Waals surface area contributed by atoms with E-state index in [1.165, 1.54) is 20.0 Å². The molecule has 1 aromatic heterocycles. The molecule has 4 rings (SSSR count). The number of amidine groups is 1. The van der Waals surface area contributed by atoms with E-state index in [2.05, 4.69) is 5.32 Å². The molecule has 0 aromatic carbocycles. The Bertz CT molecular complexity index is 1070. The number of hydrogen-bond donors (Lipinski definition) is 3. The summed E-state index contributed by atoms with van der Waals surface area (Å²) in [6.45, 7) is 4.13. The van der Waals surface area contributed by atoms with Crippen LogP contribution < -0.4 is 11.1 Å². The van der Waals surface area contributed by atoms with E-state index in [9.17, 15) is 14.4 Å². The number of rotatable bonds is 6. The molecule has 2 heterocycles. The summed E-state index contributed by atoms with van der Waals surface area (Å²) in [6.07, 6.45) is 11.5. The predicted octanol–water partition coefficient (Wildman–Crippen LogP) is 4.69. The van der Waals surface area contributed by atoms with Crippen LogP contribution in [0.5, 0.6) is 0 Å². The molecule has 1 aliphatic heterocycles. The highest BCUT2D eigenvalue weighted by molar-refractivity contribution is 6.07. The average Bonchev–Trinajstić information content (AvgIpc) is 3.42. The number of carbonyl (C=O) groups excluding carboxylic acids is 3. The van der Waals surface area contributed by atoms with Gasteiger partial charge in [0.05, 0.1) is 19.2 Å². The normalized spacial score (nSPS) is 21.7. The molecule has 2 saturated carbocycles. The molecule has 0 bridgehead atoms. The van der Waals surface area contributed by atoms with Gasteiger partial charge >= 0.3 is 6.09 Å². The van der Waals surface area contributed by atoms with Crippen molar-refractivity contribution in [3.05, 3.63) is 28.1 Å². The van der Waals surface area contributed by atoms with Crippen molar-refractivity contribution in [3.8, 4) is 0 Å². The number of methoxy groups -OCH3 is 1. The van der Waals surface area contributed by atoms with Gasteiger partial charge in [0.1, 0.15) is 11.4 Å². The minimum Gasteiger partial charge on any atom is -0.453 e. The number of pyridine rings is 1. The van der Waals surface area contributed by atoms with E-state index in [0.717, 1.165) is 74.5 Å². The van der Waals surface area contributed by atoms with Gasteiger partial charge in [-0.1, -0.05) is 38.5 Å². The Balaban J connectivity index is 1.87. The van der Waals surface area contributed by atoms with Crippen molar-refractivity contribution in [2.24, 2.45) is 5.73 Å². The Morgan fingerprint density at radius 1 is 0.947 bits per heavy atom.